The Bertz CT molecular complexity index is 1070. The molecule has 4 rings (SSSR count). The Hall–Kier alpha value is -1.64. The summed E-state index contributed by atoms with van der Waals surface area (Å²) in [7, 11) is -0.255. The lowest BCUT2D eigenvalue weighted by molar-refractivity contribution is -0.00000617. The highest BCUT2D eigenvalue weighted by molar-refractivity contribution is 9.11. The SMILES string of the molecule is COc1cc(Br)c(C[P+](c2ccccc2)(c2ccccc2)c2ccccc2)c(Br)c1C.[Cl-]. The van der Waals surface area contributed by atoms with Crippen molar-refractivity contribution in [1.29, 1.82) is 0 Å². The van der Waals surface area contributed by atoms with Crippen molar-refractivity contribution < 1.29 is 17.1 Å². The molecule has 0 unspecified atom stereocenters. The lowest BCUT2D eigenvalue weighted by Crippen LogP contribution is -3.00. The molecule has 32 heavy (non-hydrogen) atoms. The van der Waals surface area contributed by atoms with Gasteiger partial charge in [0.2, 0.25) is 0 Å². The molecule has 0 bridgehead atoms. The highest BCUT2D eigenvalue weighted by Crippen LogP contribution is 2.59. The molecule has 0 amide bonds. The van der Waals surface area contributed by atoms with E-state index in [4.69, 9.17) is 4.74 Å². The highest BCUT2D eigenvalue weighted by atomic mass is 79.9. The average molecular weight is 591 g/mol. The van der Waals surface area contributed by atoms with Crippen LogP contribution < -0.4 is 33.1 Å². The largest absolute Gasteiger partial charge is 1.00 e. The molecule has 0 aromatic heterocycles. The summed E-state index contributed by atoms with van der Waals surface area (Å²) < 4.78 is 7.76. The molecule has 5 heteroatoms. The van der Waals surface area contributed by atoms with Crippen LogP contribution in [-0.4, -0.2) is 7.11 Å². The molecule has 0 radical (unpaired) electrons. The molecule has 0 N–H and O–H groups in total. The van der Waals surface area contributed by atoms with E-state index in [2.05, 4.69) is 136 Å². The van der Waals surface area contributed by atoms with Crippen molar-refractivity contribution in [3.8, 4) is 5.75 Å². The monoisotopic (exact) mass is 588 g/mol. The van der Waals surface area contributed by atoms with E-state index in [-0.39, 0.29) is 12.4 Å². The third-order valence-corrected chi connectivity index (χ3v) is 11.8. The van der Waals surface area contributed by atoms with Crippen LogP contribution in [0.5, 0.6) is 5.75 Å². The molecule has 0 saturated heterocycles. The Morgan fingerprint density at radius 2 is 1.12 bits per heavy atom. The van der Waals surface area contributed by atoms with Gasteiger partial charge in [-0.25, -0.2) is 0 Å². The topological polar surface area (TPSA) is 9.23 Å². The van der Waals surface area contributed by atoms with E-state index in [1.807, 2.05) is 0 Å². The van der Waals surface area contributed by atoms with Gasteiger partial charge in [-0.05, 0) is 65.3 Å². The van der Waals surface area contributed by atoms with Crippen LogP contribution in [0.3, 0.4) is 0 Å². The molecule has 164 valence electrons. The molecule has 0 atom stereocenters. The van der Waals surface area contributed by atoms with Crippen LogP contribution in [0, 0.1) is 6.92 Å². The second kappa shape index (κ2) is 11.0. The standard InChI is InChI=1S/C27H24Br2OP.ClH/c1-20-26(30-2)18-25(28)24(27(20)29)19-31(21-12-6-3-7-13-21,22-14-8-4-9-15-22)23-16-10-5-11-17-23;/h3-18H,19H2,1-2H3;1H/q+1;/p-1. The van der Waals surface area contributed by atoms with Gasteiger partial charge in [0.15, 0.2) is 0 Å². The summed E-state index contributed by atoms with van der Waals surface area (Å²) in [6, 6.07) is 35.0. The van der Waals surface area contributed by atoms with Crippen LogP contribution in [0.15, 0.2) is 106 Å². The van der Waals surface area contributed by atoms with Gasteiger partial charge in [-0.2, -0.15) is 0 Å². The molecular formula is C27H24Br2ClOP. The first-order chi connectivity index (χ1) is 15.1. The molecular weight excluding hydrogens is 567 g/mol. The zero-order valence-corrected chi connectivity index (χ0v) is 22.8. The van der Waals surface area contributed by atoms with Crippen LogP contribution in [0.1, 0.15) is 11.1 Å². The Labute approximate surface area is 214 Å². The predicted octanol–water partition coefficient (Wildman–Crippen LogP) is 4.03. The molecule has 0 aliphatic rings. The van der Waals surface area contributed by atoms with Gasteiger partial charge >= 0.3 is 0 Å². The van der Waals surface area contributed by atoms with Crippen molar-refractivity contribution >= 4 is 55.0 Å². The average Bonchev–Trinajstić information content (AvgIpc) is 2.83. The number of hydrogen-bond acceptors (Lipinski definition) is 1. The fourth-order valence-electron chi connectivity index (χ4n) is 4.11. The number of hydrogen-bond donors (Lipinski definition) is 0. The minimum atomic E-state index is -1.97. The first-order valence-corrected chi connectivity index (χ1v) is 13.7. The van der Waals surface area contributed by atoms with Crippen molar-refractivity contribution in [3.05, 3.63) is 117 Å². The Kier molecular flexibility index (Phi) is 8.58. The highest BCUT2D eigenvalue weighted by Gasteiger charge is 2.46. The van der Waals surface area contributed by atoms with Gasteiger partial charge in [0, 0.05) is 20.1 Å². The molecule has 0 saturated carbocycles. The summed E-state index contributed by atoms with van der Waals surface area (Å²) in [5.74, 6) is 0.880. The summed E-state index contributed by atoms with van der Waals surface area (Å²) in [6.45, 7) is 2.10. The van der Waals surface area contributed by atoms with Gasteiger partial charge in [0.1, 0.15) is 35.1 Å². The van der Waals surface area contributed by atoms with Gasteiger partial charge in [0.25, 0.3) is 0 Å². The minimum absolute atomic E-state index is 0. The van der Waals surface area contributed by atoms with E-state index in [9.17, 15) is 0 Å². The first kappa shape index (κ1) is 25.0. The van der Waals surface area contributed by atoms with Crippen molar-refractivity contribution in [3.63, 3.8) is 0 Å². The van der Waals surface area contributed by atoms with E-state index in [0.29, 0.717) is 0 Å². The van der Waals surface area contributed by atoms with Crippen LogP contribution in [0.4, 0.5) is 0 Å². The number of benzene rings is 4. The number of methoxy groups -OCH3 is 1. The normalized spacial score (nSPS) is 11.0. The van der Waals surface area contributed by atoms with Crippen LogP contribution in [0.25, 0.3) is 0 Å². The third kappa shape index (κ3) is 4.68. The summed E-state index contributed by atoms with van der Waals surface area (Å²) in [5, 5.41) is 4.12. The number of ether oxygens (including phenoxy) is 1. The molecule has 0 heterocycles. The van der Waals surface area contributed by atoms with E-state index < -0.39 is 7.26 Å². The molecule has 0 aliphatic heterocycles. The zero-order chi connectivity index (χ0) is 21.8. The Morgan fingerprint density at radius 1 is 0.719 bits per heavy atom. The molecule has 4 aromatic carbocycles. The third-order valence-electron chi connectivity index (χ3n) is 5.72. The maximum Gasteiger partial charge on any atom is 0.124 e. The molecule has 4 aromatic rings. The Morgan fingerprint density at radius 3 is 1.50 bits per heavy atom. The molecule has 0 fully saturated rings. The van der Waals surface area contributed by atoms with Gasteiger partial charge < -0.3 is 17.1 Å². The fourth-order valence-corrected chi connectivity index (χ4v) is 10.2. The second-order valence-electron chi connectivity index (χ2n) is 7.45. The number of rotatable bonds is 6. The first-order valence-electron chi connectivity index (χ1n) is 10.1. The fraction of sp³-hybridized carbons (Fsp3) is 0.111. The summed E-state index contributed by atoms with van der Waals surface area (Å²) in [4.78, 5) is 0. The van der Waals surface area contributed by atoms with Crippen molar-refractivity contribution in [1.82, 2.24) is 0 Å². The smallest absolute Gasteiger partial charge is 0.124 e. The van der Waals surface area contributed by atoms with Gasteiger partial charge in [0.05, 0.1) is 7.11 Å². The lowest BCUT2D eigenvalue weighted by atomic mass is 10.1. The summed E-state index contributed by atoms with van der Waals surface area (Å²) in [5.41, 5.74) is 2.39. The second-order valence-corrected chi connectivity index (χ2v) is 12.6. The van der Waals surface area contributed by atoms with Crippen LogP contribution >= 0.6 is 39.1 Å². The summed E-state index contributed by atoms with van der Waals surface area (Å²) in [6.07, 6.45) is 0.900. The Balaban J connectivity index is 0.00000289. The zero-order valence-electron chi connectivity index (χ0n) is 17.9. The predicted molar refractivity (Wildman–Crippen MR) is 142 cm³/mol. The van der Waals surface area contributed by atoms with Crippen molar-refractivity contribution in [2.45, 2.75) is 13.1 Å². The molecule has 1 nitrogen and oxygen atoms in total. The number of halogens is 3. The lowest BCUT2D eigenvalue weighted by Gasteiger charge is -2.29. The van der Waals surface area contributed by atoms with Gasteiger partial charge in [-0.3, -0.25) is 0 Å². The van der Waals surface area contributed by atoms with Gasteiger partial charge in [-0.15, -0.1) is 0 Å². The van der Waals surface area contributed by atoms with Crippen molar-refractivity contribution in [2.24, 2.45) is 0 Å². The van der Waals surface area contributed by atoms with E-state index >= 15 is 0 Å². The maximum atomic E-state index is 5.59. The van der Waals surface area contributed by atoms with E-state index in [1.54, 1.807) is 7.11 Å². The minimum Gasteiger partial charge on any atom is -1.00 e. The van der Waals surface area contributed by atoms with Crippen LogP contribution in [-0.2, 0) is 6.16 Å². The van der Waals surface area contributed by atoms with Crippen LogP contribution in [0.2, 0.25) is 0 Å². The van der Waals surface area contributed by atoms with Crippen molar-refractivity contribution in [2.75, 3.05) is 7.11 Å². The van der Waals surface area contributed by atoms with Gasteiger partial charge in [-0.1, -0.05) is 70.5 Å². The molecule has 0 spiro atoms. The van der Waals surface area contributed by atoms with E-state index in [1.165, 1.54) is 21.5 Å². The quantitative estimate of drug-likeness (QED) is 0.309. The van der Waals surface area contributed by atoms with E-state index in [0.717, 1.165) is 26.4 Å². The summed E-state index contributed by atoms with van der Waals surface area (Å²) >= 11 is 7.75. The molecule has 0 aliphatic carbocycles. The maximum absolute atomic E-state index is 5.59.